The van der Waals surface area contributed by atoms with Crippen LogP contribution in [0.3, 0.4) is 0 Å². The van der Waals surface area contributed by atoms with Gasteiger partial charge < -0.3 is 10.1 Å². The number of carbonyl (C=O) groups excluding carboxylic acids is 1. The summed E-state index contributed by atoms with van der Waals surface area (Å²) >= 11 is 1.95. The average Bonchev–Trinajstić information content (AvgIpc) is 2.45. The second kappa shape index (κ2) is 7.16. The van der Waals surface area contributed by atoms with Crippen LogP contribution in [0.4, 0.5) is 23.2 Å². The molecule has 0 heterocycles. The third-order valence-corrected chi connectivity index (χ3v) is 3.64. The number of halogens is 5. The summed E-state index contributed by atoms with van der Waals surface area (Å²) in [5, 5.41) is 2.37. The van der Waals surface area contributed by atoms with Crippen molar-refractivity contribution in [1.82, 2.24) is 0 Å². The number of hydrogen-bond acceptors (Lipinski definition) is 2. The van der Waals surface area contributed by atoms with Crippen molar-refractivity contribution in [1.29, 1.82) is 0 Å². The standard InChI is InChI=1S/C15H10F4INO2/c16-9-5-6-13(23-8-15(17,18)19)12(7-9)21-14(22)10-3-1-2-4-11(10)20/h1-7H,8H2,(H,21,22). The largest absolute Gasteiger partial charge is 0.482 e. The Morgan fingerprint density at radius 3 is 2.52 bits per heavy atom. The molecule has 3 nitrogen and oxygen atoms in total. The summed E-state index contributed by atoms with van der Waals surface area (Å²) in [6.07, 6.45) is -4.54. The number of rotatable bonds is 4. The molecule has 0 bridgehead atoms. The number of ether oxygens (including phenoxy) is 1. The second-order valence-electron chi connectivity index (χ2n) is 4.48. The second-order valence-corrected chi connectivity index (χ2v) is 5.64. The number of nitrogens with one attached hydrogen (secondary N) is 1. The summed E-state index contributed by atoms with van der Waals surface area (Å²) in [5.41, 5.74) is 0.151. The molecular weight excluding hydrogens is 429 g/mol. The van der Waals surface area contributed by atoms with E-state index in [1.54, 1.807) is 24.3 Å². The van der Waals surface area contributed by atoms with E-state index in [0.717, 1.165) is 18.2 Å². The molecule has 2 aromatic carbocycles. The van der Waals surface area contributed by atoms with Crippen LogP contribution in [0.1, 0.15) is 10.4 Å². The van der Waals surface area contributed by atoms with Crippen LogP contribution in [0.5, 0.6) is 5.75 Å². The van der Waals surface area contributed by atoms with Crippen LogP contribution in [0.2, 0.25) is 0 Å². The smallest absolute Gasteiger partial charge is 0.422 e. The van der Waals surface area contributed by atoms with Gasteiger partial charge in [0.15, 0.2) is 6.61 Å². The van der Waals surface area contributed by atoms with E-state index in [1.165, 1.54) is 0 Å². The van der Waals surface area contributed by atoms with Crippen molar-refractivity contribution in [3.8, 4) is 5.75 Å². The SMILES string of the molecule is O=C(Nc1cc(F)ccc1OCC(F)(F)F)c1ccccc1I. The van der Waals surface area contributed by atoms with Gasteiger partial charge in [-0.2, -0.15) is 13.2 Å². The van der Waals surface area contributed by atoms with Crippen LogP contribution in [0.15, 0.2) is 42.5 Å². The van der Waals surface area contributed by atoms with Crippen molar-refractivity contribution in [3.63, 3.8) is 0 Å². The Balaban J connectivity index is 2.23. The fourth-order valence-corrected chi connectivity index (χ4v) is 2.35. The predicted molar refractivity (Wildman–Crippen MR) is 85.1 cm³/mol. The lowest BCUT2D eigenvalue weighted by atomic mass is 10.2. The van der Waals surface area contributed by atoms with Gasteiger partial charge in [0.25, 0.3) is 5.91 Å². The molecule has 0 aliphatic carbocycles. The molecule has 23 heavy (non-hydrogen) atoms. The molecule has 0 aliphatic rings. The first-order valence-electron chi connectivity index (χ1n) is 6.31. The van der Waals surface area contributed by atoms with Crippen LogP contribution in [0.25, 0.3) is 0 Å². The molecule has 0 unspecified atom stereocenters. The molecule has 8 heteroatoms. The summed E-state index contributed by atoms with van der Waals surface area (Å²) in [6, 6.07) is 9.51. The molecule has 0 spiro atoms. The Kier molecular flexibility index (Phi) is 5.45. The van der Waals surface area contributed by atoms with Gasteiger partial charge in [-0.25, -0.2) is 4.39 Å². The number of amides is 1. The van der Waals surface area contributed by atoms with Gasteiger partial charge in [-0.05, 0) is 46.9 Å². The molecule has 0 saturated heterocycles. The Labute approximate surface area is 142 Å². The first kappa shape index (κ1) is 17.5. The Bertz CT molecular complexity index is 719. The quantitative estimate of drug-likeness (QED) is 0.558. The van der Waals surface area contributed by atoms with Crippen LogP contribution in [-0.4, -0.2) is 18.7 Å². The zero-order valence-electron chi connectivity index (χ0n) is 11.5. The highest BCUT2D eigenvalue weighted by Crippen LogP contribution is 2.28. The van der Waals surface area contributed by atoms with Crippen molar-refractivity contribution >= 4 is 34.2 Å². The number of alkyl halides is 3. The molecule has 1 amide bonds. The summed E-state index contributed by atoms with van der Waals surface area (Å²) < 4.78 is 55.3. The van der Waals surface area contributed by atoms with Crippen molar-refractivity contribution in [2.24, 2.45) is 0 Å². The van der Waals surface area contributed by atoms with E-state index in [2.05, 4.69) is 10.1 Å². The zero-order chi connectivity index (χ0) is 17.0. The molecule has 122 valence electrons. The molecule has 1 N–H and O–H groups in total. The van der Waals surface area contributed by atoms with Gasteiger partial charge in [0.1, 0.15) is 11.6 Å². The third-order valence-electron chi connectivity index (χ3n) is 2.70. The van der Waals surface area contributed by atoms with Crippen LogP contribution >= 0.6 is 22.6 Å². The van der Waals surface area contributed by atoms with Gasteiger partial charge in [0, 0.05) is 9.64 Å². The van der Waals surface area contributed by atoms with Gasteiger partial charge >= 0.3 is 6.18 Å². The summed E-state index contributed by atoms with van der Waals surface area (Å²) in [6.45, 7) is -1.54. The highest BCUT2D eigenvalue weighted by atomic mass is 127. The van der Waals surface area contributed by atoms with E-state index in [-0.39, 0.29) is 11.4 Å². The van der Waals surface area contributed by atoms with Gasteiger partial charge in [-0.1, -0.05) is 12.1 Å². The van der Waals surface area contributed by atoms with Crippen molar-refractivity contribution in [2.45, 2.75) is 6.18 Å². The maximum Gasteiger partial charge on any atom is 0.422 e. The maximum absolute atomic E-state index is 13.3. The monoisotopic (exact) mass is 439 g/mol. The van der Waals surface area contributed by atoms with Gasteiger partial charge in [0.2, 0.25) is 0 Å². The highest BCUT2D eigenvalue weighted by molar-refractivity contribution is 14.1. The minimum absolute atomic E-state index is 0.168. The summed E-state index contributed by atoms with van der Waals surface area (Å²) in [7, 11) is 0. The number of anilines is 1. The minimum atomic E-state index is -4.54. The highest BCUT2D eigenvalue weighted by Gasteiger charge is 2.29. The third kappa shape index (κ3) is 5.08. The van der Waals surface area contributed by atoms with Crippen LogP contribution in [0, 0.1) is 9.39 Å². The van der Waals surface area contributed by atoms with Gasteiger partial charge in [-0.3, -0.25) is 4.79 Å². The average molecular weight is 439 g/mol. The van der Waals surface area contributed by atoms with E-state index in [0.29, 0.717) is 9.13 Å². The lowest BCUT2D eigenvalue weighted by Gasteiger charge is -2.14. The topological polar surface area (TPSA) is 38.3 Å². The van der Waals surface area contributed by atoms with Crippen LogP contribution in [-0.2, 0) is 0 Å². The molecule has 0 aliphatic heterocycles. The Morgan fingerprint density at radius 1 is 1.17 bits per heavy atom. The molecule has 0 aromatic heterocycles. The van der Waals surface area contributed by atoms with Gasteiger partial charge in [0.05, 0.1) is 11.3 Å². The number of carbonyl (C=O) groups is 1. The minimum Gasteiger partial charge on any atom is -0.482 e. The van der Waals surface area contributed by atoms with E-state index in [1.807, 2.05) is 22.6 Å². The summed E-state index contributed by atoms with van der Waals surface area (Å²) in [5.74, 6) is -1.54. The predicted octanol–water partition coefficient (Wildman–Crippen LogP) is 4.62. The fraction of sp³-hybridized carbons (Fsp3) is 0.133. The van der Waals surface area contributed by atoms with E-state index >= 15 is 0 Å². The molecule has 0 atom stereocenters. The van der Waals surface area contributed by atoms with Gasteiger partial charge in [-0.15, -0.1) is 0 Å². The first-order valence-corrected chi connectivity index (χ1v) is 7.39. The van der Waals surface area contributed by atoms with E-state index in [4.69, 9.17) is 0 Å². The number of benzene rings is 2. The molecule has 2 aromatic rings. The first-order chi connectivity index (χ1) is 10.8. The molecule has 0 radical (unpaired) electrons. The molecule has 0 saturated carbocycles. The van der Waals surface area contributed by atoms with Crippen molar-refractivity contribution < 1.29 is 27.1 Å². The van der Waals surface area contributed by atoms with Crippen LogP contribution < -0.4 is 10.1 Å². The van der Waals surface area contributed by atoms with E-state index < -0.39 is 24.5 Å². The Hall–Kier alpha value is -1.84. The fourth-order valence-electron chi connectivity index (χ4n) is 1.72. The Morgan fingerprint density at radius 2 is 1.87 bits per heavy atom. The molecular formula is C15H10F4INO2. The maximum atomic E-state index is 13.3. The lowest BCUT2D eigenvalue weighted by Crippen LogP contribution is -2.20. The van der Waals surface area contributed by atoms with Crippen molar-refractivity contribution in [2.75, 3.05) is 11.9 Å². The zero-order valence-corrected chi connectivity index (χ0v) is 13.6. The number of hydrogen-bond donors (Lipinski definition) is 1. The molecule has 2 rings (SSSR count). The van der Waals surface area contributed by atoms with E-state index in [9.17, 15) is 22.4 Å². The lowest BCUT2D eigenvalue weighted by molar-refractivity contribution is -0.153. The van der Waals surface area contributed by atoms with Crippen molar-refractivity contribution in [3.05, 3.63) is 57.4 Å². The normalized spacial score (nSPS) is 11.2. The molecule has 0 fully saturated rings. The summed E-state index contributed by atoms with van der Waals surface area (Å²) in [4.78, 5) is 12.2.